The third kappa shape index (κ3) is 26.8. The second kappa shape index (κ2) is 37.5. The Balaban J connectivity index is 1.98. The van der Waals surface area contributed by atoms with Gasteiger partial charge in [0.05, 0.1) is 83.4 Å². The molecule has 0 saturated heterocycles. The van der Waals surface area contributed by atoms with Crippen LogP contribution in [0.4, 0.5) is 9.59 Å². The molecular weight excluding hydrogens is 1050 g/mol. The van der Waals surface area contributed by atoms with Crippen molar-refractivity contribution in [1.29, 1.82) is 0 Å². The smallest absolute Gasteiger partial charge is 0.407 e. The molecule has 5 amide bonds. The van der Waals surface area contributed by atoms with Crippen molar-refractivity contribution in [3.05, 3.63) is 23.7 Å². The molecule has 2 heterocycles. The first-order valence-corrected chi connectivity index (χ1v) is 25.1. The summed E-state index contributed by atoms with van der Waals surface area (Å²) in [5.41, 5.74) is 22.0. The number of nitrogens with two attached hydrogens (primary N) is 4. The summed E-state index contributed by atoms with van der Waals surface area (Å²) in [4.78, 5) is 96.3. The predicted octanol–water partition coefficient (Wildman–Crippen LogP) is -5.22. The highest BCUT2D eigenvalue weighted by Crippen LogP contribution is 2.28. The second-order valence-corrected chi connectivity index (χ2v) is 17.5. The molecule has 0 radical (unpaired) electrons. The van der Waals surface area contributed by atoms with Gasteiger partial charge in [-0.2, -0.15) is 0 Å². The quantitative estimate of drug-likeness (QED) is 0.0119. The maximum absolute atomic E-state index is 13.4. The highest BCUT2D eigenvalue weighted by atomic mass is 16.6. The maximum Gasteiger partial charge on any atom is 0.407 e. The van der Waals surface area contributed by atoms with E-state index in [1.54, 1.807) is 4.90 Å². The molecule has 10 atom stereocenters. The van der Waals surface area contributed by atoms with E-state index in [4.69, 9.17) is 67.3 Å². The molecule has 79 heavy (non-hydrogen) atoms. The molecule has 0 unspecified atom stereocenters. The predicted molar refractivity (Wildman–Crippen MR) is 275 cm³/mol. The van der Waals surface area contributed by atoms with E-state index in [2.05, 4.69) is 37.2 Å². The van der Waals surface area contributed by atoms with Crippen LogP contribution < -0.4 is 44.2 Å². The third-order valence-electron chi connectivity index (χ3n) is 11.2. The van der Waals surface area contributed by atoms with E-state index in [9.17, 15) is 64.2 Å². The molecule has 32 heteroatoms. The molecule has 0 bridgehead atoms. The van der Waals surface area contributed by atoms with Gasteiger partial charge in [-0.25, -0.2) is 29.2 Å². The zero-order chi connectivity index (χ0) is 58.9. The number of aliphatic carboxylic acids is 2. The number of aliphatic imine (C=N–C) groups is 2. The van der Waals surface area contributed by atoms with Gasteiger partial charge in [0, 0.05) is 40.0 Å². The monoisotopic (exact) mass is 1130 g/mol. The Bertz CT molecular complexity index is 2120. The number of alkyl carbamates (subject to hydrolysis) is 2. The highest BCUT2D eigenvalue weighted by molar-refractivity contribution is 5.86. The Hall–Kier alpha value is -7.25. The highest BCUT2D eigenvalue weighted by Gasteiger charge is 2.47. The van der Waals surface area contributed by atoms with Crippen molar-refractivity contribution in [3.8, 4) is 12.3 Å². The molecule has 0 spiro atoms. The van der Waals surface area contributed by atoms with Gasteiger partial charge >= 0.3 is 24.1 Å². The number of carboxylic acid groups (broad SMARTS) is 2. The summed E-state index contributed by atoms with van der Waals surface area (Å²) >= 11 is 0. The van der Waals surface area contributed by atoms with Crippen LogP contribution in [0.3, 0.4) is 0 Å². The number of ether oxygens (including phenoxy) is 8. The number of nitrogens with one attached hydrogen (secondary N) is 4. The summed E-state index contributed by atoms with van der Waals surface area (Å²) in [6.45, 7) is 3.24. The van der Waals surface area contributed by atoms with Crippen molar-refractivity contribution in [2.75, 3.05) is 92.2 Å². The van der Waals surface area contributed by atoms with Gasteiger partial charge in [-0.15, -0.1) is 6.42 Å². The fourth-order valence-corrected chi connectivity index (χ4v) is 7.65. The molecule has 2 aliphatic heterocycles. The van der Waals surface area contributed by atoms with E-state index >= 15 is 0 Å². The average Bonchev–Trinajstić information content (AvgIpc) is 3.40. The van der Waals surface area contributed by atoms with Crippen molar-refractivity contribution < 1.29 is 102 Å². The number of carbonyl (C=O) groups excluding carboxylic acids is 5. The van der Waals surface area contributed by atoms with Gasteiger partial charge in [-0.05, 0) is 44.3 Å². The number of unbranched alkanes of at least 4 members (excludes halogenated alkanes) is 3. The lowest BCUT2D eigenvalue weighted by molar-refractivity contribution is -0.147. The molecule has 0 aromatic rings. The van der Waals surface area contributed by atoms with Gasteiger partial charge in [-0.3, -0.25) is 14.4 Å². The van der Waals surface area contributed by atoms with Gasteiger partial charge in [0.2, 0.25) is 29.2 Å². The third-order valence-corrected chi connectivity index (χ3v) is 11.2. The van der Waals surface area contributed by atoms with Crippen LogP contribution in [-0.4, -0.2) is 242 Å². The van der Waals surface area contributed by atoms with Gasteiger partial charge in [0.15, 0.2) is 24.1 Å². The van der Waals surface area contributed by atoms with Crippen molar-refractivity contribution in [2.24, 2.45) is 32.9 Å². The largest absolute Gasteiger partial charge is 0.478 e. The fraction of sp³-hybridized carbons (Fsp3) is 0.681. The normalized spacial score (nSPS) is 20.0. The Morgan fingerprint density at radius 1 is 0.684 bits per heavy atom. The zero-order valence-electron chi connectivity index (χ0n) is 44.1. The second-order valence-electron chi connectivity index (χ2n) is 17.5. The maximum atomic E-state index is 13.4. The van der Waals surface area contributed by atoms with Crippen LogP contribution >= 0.6 is 0 Å². The number of carbonyl (C=O) groups is 7. The van der Waals surface area contributed by atoms with Crippen LogP contribution in [-0.2, 0) is 61.9 Å². The minimum absolute atomic E-state index is 0.0132. The van der Waals surface area contributed by atoms with Crippen LogP contribution in [0.1, 0.15) is 52.4 Å². The zero-order valence-corrected chi connectivity index (χ0v) is 44.1. The Morgan fingerprint density at radius 2 is 1.15 bits per heavy atom. The van der Waals surface area contributed by atoms with Crippen LogP contribution in [0.2, 0.25) is 0 Å². The molecule has 18 N–H and O–H groups in total. The van der Waals surface area contributed by atoms with Crippen molar-refractivity contribution in [3.63, 3.8) is 0 Å². The first kappa shape index (κ1) is 67.9. The number of hydrogen-bond donors (Lipinski definition) is 14. The van der Waals surface area contributed by atoms with Crippen molar-refractivity contribution in [1.82, 2.24) is 26.2 Å². The number of amides is 5. The number of terminal acetylenes is 1. The van der Waals surface area contributed by atoms with Crippen LogP contribution in [0.5, 0.6) is 0 Å². The molecule has 446 valence electrons. The topological polar surface area (TPSA) is 495 Å². The molecule has 32 nitrogen and oxygen atoms in total. The summed E-state index contributed by atoms with van der Waals surface area (Å²) in [6.07, 6.45) is -3.39. The Labute approximate surface area is 455 Å². The lowest BCUT2D eigenvalue weighted by Gasteiger charge is -2.39. The molecule has 0 fully saturated rings. The van der Waals surface area contributed by atoms with Crippen LogP contribution in [0.25, 0.3) is 0 Å². The van der Waals surface area contributed by atoms with E-state index in [1.807, 2.05) is 0 Å². The molecule has 0 aliphatic carbocycles. The fourth-order valence-electron chi connectivity index (χ4n) is 7.65. The van der Waals surface area contributed by atoms with E-state index in [0.717, 1.165) is 26.0 Å². The minimum atomic E-state index is -1.92. The number of guanidine groups is 2. The first-order chi connectivity index (χ1) is 37.6. The molecule has 0 saturated carbocycles. The molecule has 2 rings (SSSR count). The van der Waals surface area contributed by atoms with Gasteiger partial charge in [0.1, 0.15) is 37.6 Å². The number of nitrogens with zero attached hydrogens (tertiary/aromatic N) is 3. The number of aliphatic hydroxyl groups is 4. The summed E-state index contributed by atoms with van der Waals surface area (Å²) in [6, 6.07) is -5.00. The number of rotatable bonds is 38. The van der Waals surface area contributed by atoms with Crippen molar-refractivity contribution in [2.45, 2.75) is 113 Å². The SMILES string of the molecule is C#CCOCCOCCOCCOCCC(=O)N(CCCCCNC(=O)OC[C@@H](O)[C@@H](O)[C@@H]1OC(C(=O)O)=C[C@H](N=C(N)N)[C@H]1NC(C)=O)CCCCNC(=O)O[C@@H]([C@@H]1OC(C(=O)O)=C[C@H](N=C(N)N)[C@H]1NC(C)=O)[C@H](O)CO. The van der Waals surface area contributed by atoms with E-state index in [1.165, 1.54) is 0 Å². The standard InChI is InChI=1S/C47H77N11O21/c1-4-15-72-17-19-74-21-22-75-20-18-73-16-10-35(64)58(14-9-7-12-53-47(71)79-39(31(62)25-59)41-37(55-28(3)61)30(57-45(50)51)24-34(78-41)43(68)69)13-8-5-6-11-52-46(70)76-26-32(63)38(65)40-36(54-27(2)60)29(56-44(48)49)23-33(77-40)42(66)67/h1,23-24,29-32,36-41,59,62-63,65H,5-22,25-26H2,2-3H3,(H,52,70)(H,53,71)(H,54,60)(H,55,61)(H,66,67)(H,68,69)(H4,48,49,56)(H4,50,51,57)/t29-,30-,31+,32+,36+,37+,38+,39+,40+,41+/m0/s1. The lowest BCUT2D eigenvalue weighted by Crippen LogP contribution is -2.61. The van der Waals surface area contributed by atoms with Crippen LogP contribution in [0, 0.1) is 12.3 Å². The van der Waals surface area contributed by atoms with Crippen LogP contribution in [0.15, 0.2) is 33.7 Å². The van der Waals surface area contributed by atoms with Crippen molar-refractivity contribution >= 4 is 53.8 Å². The Kier molecular flexibility index (Phi) is 32.2. The van der Waals surface area contributed by atoms with Gasteiger partial charge in [0.25, 0.3) is 0 Å². The molecule has 2 aliphatic rings. The van der Waals surface area contributed by atoms with E-state index in [0.29, 0.717) is 58.5 Å². The summed E-state index contributed by atoms with van der Waals surface area (Å²) in [5.74, 6) is -4.55. The van der Waals surface area contributed by atoms with Gasteiger partial charge < -0.3 is 118 Å². The lowest BCUT2D eigenvalue weighted by atomic mass is 9.92. The summed E-state index contributed by atoms with van der Waals surface area (Å²) in [7, 11) is 0. The summed E-state index contributed by atoms with van der Waals surface area (Å²) < 4.78 is 43.0. The van der Waals surface area contributed by atoms with E-state index < -0.39 is 133 Å². The Morgan fingerprint density at radius 3 is 1.65 bits per heavy atom. The van der Waals surface area contributed by atoms with Gasteiger partial charge in [-0.1, -0.05) is 5.92 Å². The minimum Gasteiger partial charge on any atom is -0.478 e. The molecular formula is C47H77N11O21. The molecule has 0 aromatic carbocycles. The summed E-state index contributed by atoms with van der Waals surface area (Å²) in [5, 5.41) is 71.5. The first-order valence-electron chi connectivity index (χ1n) is 25.1. The number of hydrogen-bond acceptors (Lipinski definition) is 21. The van der Waals surface area contributed by atoms with E-state index in [-0.39, 0.29) is 64.9 Å². The average molecular weight is 1130 g/mol. The number of carboxylic acids is 2. The number of aliphatic hydroxyl groups excluding tert-OH is 4. The molecule has 0 aromatic heterocycles.